The molecule has 0 bridgehead atoms. The van der Waals surface area contributed by atoms with Crippen LogP contribution in [0.5, 0.6) is 0 Å². The molecule has 4 heteroatoms. The van der Waals surface area contributed by atoms with E-state index >= 15 is 0 Å². The van der Waals surface area contributed by atoms with Crippen LogP contribution < -0.4 is 11.1 Å². The minimum atomic E-state index is 0.429. The van der Waals surface area contributed by atoms with Crippen LogP contribution in [-0.4, -0.2) is 11.5 Å². The highest BCUT2D eigenvalue weighted by atomic mass is 79.9. The highest BCUT2D eigenvalue weighted by Crippen LogP contribution is 2.40. The van der Waals surface area contributed by atoms with Crippen LogP contribution in [0.15, 0.2) is 22.7 Å². The maximum atomic E-state index is 5.76. The van der Waals surface area contributed by atoms with Gasteiger partial charge in [0.15, 0.2) is 0 Å². The molecule has 1 aromatic carbocycles. The Morgan fingerprint density at radius 2 is 2.24 bits per heavy atom. The molecule has 0 aliphatic heterocycles. The number of nitrogens with one attached hydrogen (secondary N) is 1. The van der Waals surface area contributed by atoms with Gasteiger partial charge in [-0.15, -0.1) is 0 Å². The first-order valence-corrected chi connectivity index (χ1v) is 7.04. The highest BCUT2D eigenvalue weighted by Gasteiger charge is 2.31. The van der Waals surface area contributed by atoms with Gasteiger partial charge in [0, 0.05) is 22.3 Å². The highest BCUT2D eigenvalue weighted by molar-refractivity contribution is 9.10. The van der Waals surface area contributed by atoms with Crippen molar-refractivity contribution in [1.29, 1.82) is 0 Å². The Kier molecular flexibility index (Phi) is 3.73. The Hall–Kier alpha value is -0.610. The van der Waals surface area contributed by atoms with E-state index in [0.29, 0.717) is 10.4 Å². The van der Waals surface area contributed by atoms with E-state index < -0.39 is 0 Å². The summed E-state index contributed by atoms with van der Waals surface area (Å²) in [5, 5.41) is 3.48. The quantitative estimate of drug-likeness (QED) is 0.833. The molecule has 92 valence electrons. The van der Waals surface area contributed by atoms with Crippen molar-refractivity contribution in [2.45, 2.75) is 26.2 Å². The molecule has 1 aliphatic carbocycles. The first-order chi connectivity index (χ1) is 8.02. The van der Waals surface area contributed by atoms with Crippen LogP contribution >= 0.6 is 28.1 Å². The summed E-state index contributed by atoms with van der Waals surface area (Å²) in [6.07, 6.45) is 3.95. The van der Waals surface area contributed by atoms with Gasteiger partial charge < -0.3 is 11.1 Å². The van der Waals surface area contributed by atoms with Gasteiger partial charge in [0.1, 0.15) is 4.99 Å². The van der Waals surface area contributed by atoms with Gasteiger partial charge in [0.2, 0.25) is 0 Å². The second kappa shape index (κ2) is 4.94. The summed E-state index contributed by atoms with van der Waals surface area (Å²) >= 11 is 8.59. The Morgan fingerprint density at radius 3 is 2.76 bits per heavy atom. The van der Waals surface area contributed by atoms with Gasteiger partial charge >= 0.3 is 0 Å². The first-order valence-electron chi connectivity index (χ1n) is 5.84. The van der Waals surface area contributed by atoms with Crippen LogP contribution in [0.2, 0.25) is 0 Å². The molecule has 17 heavy (non-hydrogen) atoms. The summed E-state index contributed by atoms with van der Waals surface area (Å²) in [6.45, 7) is 3.31. The van der Waals surface area contributed by atoms with Crippen molar-refractivity contribution in [2.75, 3.05) is 11.9 Å². The Balaban J connectivity index is 2.15. The van der Waals surface area contributed by atoms with Gasteiger partial charge in [-0.2, -0.15) is 0 Å². The SMILES string of the molecule is CC1(CNc2cccc(Br)c2C(N)=S)CCC1. The second-order valence-corrected chi connectivity index (χ2v) is 6.34. The predicted octanol–water partition coefficient (Wildman–Crippen LogP) is 3.69. The van der Waals surface area contributed by atoms with E-state index in [1.807, 2.05) is 18.2 Å². The van der Waals surface area contributed by atoms with E-state index in [1.165, 1.54) is 19.3 Å². The number of thiocarbonyl (C=S) groups is 1. The summed E-state index contributed by atoms with van der Waals surface area (Å²) in [7, 11) is 0. The molecule has 0 aromatic heterocycles. The topological polar surface area (TPSA) is 38.0 Å². The van der Waals surface area contributed by atoms with E-state index in [0.717, 1.165) is 22.3 Å². The second-order valence-electron chi connectivity index (χ2n) is 5.04. The lowest BCUT2D eigenvalue weighted by molar-refractivity contribution is 0.180. The van der Waals surface area contributed by atoms with Gasteiger partial charge in [-0.1, -0.05) is 31.6 Å². The van der Waals surface area contributed by atoms with Crippen molar-refractivity contribution < 1.29 is 0 Å². The lowest BCUT2D eigenvalue weighted by Crippen LogP contribution is -2.33. The summed E-state index contributed by atoms with van der Waals surface area (Å²) in [5.74, 6) is 0. The maximum Gasteiger partial charge on any atom is 0.107 e. The Labute approximate surface area is 116 Å². The van der Waals surface area contributed by atoms with Crippen LogP contribution in [0.4, 0.5) is 5.69 Å². The maximum absolute atomic E-state index is 5.76. The number of rotatable bonds is 4. The molecule has 0 atom stereocenters. The molecule has 0 unspecified atom stereocenters. The third kappa shape index (κ3) is 2.80. The van der Waals surface area contributed by atoms with E-state index in [4.69, 9.17) is 18.0 Å². The number of halogens is 1. The third-order valence-corrected chi connectivity index (χ3v) is 4.39. The molecule has 1 aliphatic rings. The number of hydrogen-bond donors (Lipinski definition) is 2. The molecule has 0 heterocycles. The van der Waals surface area contributed by atoms with Crippen molar-refractivity contribution in [3.63, 3.8) is 0 Å². The molecule has 2 rings (SSSR count). The summed E-state index contributed by atoms with van der Waals surface area (Å²) in [5.41, 5.74) is 8.14. The molecular weight excluding hydrogens is 296 g/mol. The zero-order valence-electron chi connectivity index (χ0n) is 9.92. The average Bonchev–Trinajstić information content (AvgIpc) is 2.23. The molecular formula is C13H17BrN2S. The number of anilines is 1. The van der Waals surface area contributed by atoms with Crippen LogP contribution in [-0.2, 0) is 0 Å². The number of nitrogens with two attached hydrogens (primary N) is 1. The molecule has 1 fully saturated rings. The van der Waals surface area contributed by atoms with Crippen molar-refractivity contribution >= 4 is 38.8 Å². The predicted molar refractivity (Wildman–Crippen MR) is 80.5 cm³/mol. The molecule has 3 N–H and O–H groups in total. The molecule has 1 aromatic rings. The fourth-order valence-corrected chi connectivity index (χ4v) is 3.12. The van der Waals surface area contributed by atoms with Crippen LogP contribution in [0.1, 0.15) is 31.7 Å². The van der Waals surface area contributed by atoms with E-state index in [-0.39, 0.29) is 0 Å². The molecule has 0 saturated heterocycles. The number of hydrogen-bond acceptors (Lipinski definition) is 2. The Bertz CT molecular complexity index is 441. The standard InChI is InChI=1S/C13H17BrN2S/c1-13(6-3-7-13)8-16-10-5-2-4-9(14)11(10)12(15)17/h2,4-5,16H,3,6-8H2,1H3,(H2,15,17). The van der Waals surface area contributed by atoms with Crippen molar-refractivity contribution in [3.05, 3.63) is 28.2 Å². The largest absolute Gasteiger partial charge is 0.389 e. The summed E-state index contributed by atoms with van der Waals surface area (Å²) in [6, 6.07) is 5.99. The van der Waals surface area contributed by atoms with E-state index in [2.05, 4.69) is 28.2 Å². The zero-order chi connectivity index (χ0) is 12.5. The minimum Gasteiger partial charge on any atom is -0.389 e. The molecule has 1 saturated carbocycles. The number of benzene rings is 1. The van der Waals surface area contributed by atoms with Crippen LogP contribution in [0.25, 0.3) is 0 Å². The van der Waals surface area contributed by atoms with Gasteiger partial charge in [-0.25, -0.2) is 0 Å². The van der Waals surface area contributed by atoms with E-state index in [9.17, 15) is 0 Å². The van der Waals surface area contributed by atoms with Crippen molar-refractivity contribution in [1.82, 2.24) is 0 Å². The minimum absolute atomic E-state index is 0.429. The van der Waals surface area contributed by atoms with Gasteiger partial charge in [-0.05, 0) is 46.3 Å². The van der Waals surface area contributed by atoms with Gasteiger partial charge in [0.25, 0.3) is 0 Å². The van der Waals surface area contributed by atoms with Crippen molar-refractivity contribution in [2.24, 2.45) is 11.1 Å². The average molecular weight is 313 g/mol. The normalized spacial score (nSPS) is 17.3. The zero-order valence-corrected chi connectivity index (χ0v) is 12.3. The van der Waals surface area contributed by atoms with Crippen LogP contribution in [0, 0.1) is 5.41 Å². The Morgan fingerprint density at radius 1 is 1.53 bits per heavy atom. The summed E-state index contributed by atoms with van der Waals surface area (Å²) in [4.78, 5) is 0.429. The first kappa shape index (κ1) is 12.8. The molecule has 0 amide bonds. The lowest BCUT2D eigenvalue weighted by atomic mass is 9.70. The lowest BCUT2D eigenvalue weighted by Gasteiger charge is -2.39. The molecule has 2 nitrogen and oxygen atoms in total. The van der Waals surface area contributed by atoms with Crippen molar-refractivity contribution in [3.8, 4) is 0 Å². The summed E-state index contributed by atoms with van der Waals surface area (Å²) < 4.78 is 0.953. The fourth-order valence-electron chi connectivity index (χ4n) is 2.19. The third-order valence-electron chi connectivity index (χ3n) is 3.53. The fraction of sp³-hybridized carbons (Fsp3) is 0.462. The van der Waals surface area contributed by atoms with E-state index in [1.54, 1.807) is 0 Å². The molecule has 0 spiro atoms. The monoisotopic (exact) mass is 312 g/mol. The van der Waals surface area contributed by atoms with Gasteiger partial charge in [0.05, 0.1) is 0 Å². The smallest absolute Gasteiger partial charge is 0.107 e. The van der Waals surface area contributed by atoms with Crippen LogP contribution in [0.3, 0.4) is 0 Å². The van der Waals surface area contributed by atoms with Gasteiger partial charge in [-0.3, -0.25) is 0 Å². The molecule has 0 radical (unpaired) electrons.